The fourth-order valence-corrected chi connectivity index (χ4v) is 4.50. The Kier molecular flexibility index (Phi) is 10.4. The van der Waals surface area contributed by atoms with Crippen LogP contribution < -0.4 is 5.32 Å². The molecule has 174 valence electrons. The highest BCUT2D eigenvalue weighted by atomic mass is 35.5. The summed E-state index contributed by atoms with van der Waals surface area (Å²) in [6, 6.07) is 15.0. The Morgan fingerprint density at radius 1 is 1.03 bits per heavy atom. The molecule has 0 aromatic heterocycles. The number of carbonyl (C=O) groups is 2. The van der Waals surface area contributed by atoms with Gasteiger partial charge in [-0.25, -0.2) is 0 Å². The molecule has 2 rings (SSSR count). The summed E-state index contributed by atoms with van der Waals surface area (Å²) in [5.74, 6) is 0.770. The number of rotatable bonds is 10. The molecule has 2 amide bonds. The van der Waals surface area contributed by atoms with Crippen molar-refractivity contribution >= 4 is 46.8 Å². The van der Waals surface area contributed by atoms with Crippen LogP contribution in [0.15, 0.2) is 48.5 Å². The molecule has 0 radical (unpaired) electrons. The second-order valence-corrected chi connectivity index (χ2v) is 10.5. The average Bonchev–Trinajstić information content (AvgIpc) is 2.73. The smallest absolute Gasteiger partial charge is 0.243 e. The average molecular weight is 496 g/mol. The monoisotopic (exact) mass is 494 g/mol. The van der Waals surface area contributed by atoms with Crippen LogP contribution in [0.4, 0.5) is 0 Å². The van der Waals surface area contributed by atoms with Crippen molar-refractivity contribution in [1.29, 1.82) is 0 Å². The van der Waals surface area contributed by atoms with Crippen LogP contribution in [0.1, 0.15) is 45.2 Å². The lowest BCUT2D eigenvalue weighted by molar-refractivity contribution is -0.139. The van der Waals surface area contributed by atoms with E-state index in [0.717, 1.165) is 11.1 Å². The lowest BCUT2D eigenvalue weighted by Crippen LogP contribution is -2.54. The molecule has 0 heterocycles. The topological polar surface area (TPSA) is 49.4 Å². The molecule has 0 fully saturated rings. The Labute approximate surface area is 206 Å². The minimum atomic E-state index is -0.504. The van der Waals surface area contributed by atoms with Crippen LogP contribution in [-0.4, -0.2) is 40.6 Å². The highest BCUT2D eigenvalue weighted by Gasteiger charge is 2.30. The number of thioether (sulfide) groups is 1. The third-order valence-electron chi connectivity index (χ3n) is 4.85. The number of amides is 2. The molecule has 0 aliphatic carbocycles. The van der Waals surface area contributed by atoms with E-state index in [0.29, 0.717) is 35.2 Å². The maximum atomic E-state index is 13.2. The van der Waals surface area contributed by atoms with Crippen molar-refractivity contribution in [2.75, 3.05) is 12.3 Å². The van der Waals surface area contributed by atoms with Crippen LogP contribution in [0.3, 0.4) is 0 Å². The molecule has 0 aliphatic rings. The highest BCUT2D eigenvalue weighted by molar-refractivity contribution is 7.99. The Bertz CT molecular complexity index is 901. The van der Waals surface area contributed by atoms with Gasteiger partial charge in [0, 0.05) is 17.8 Å². The van der Waals surface area contributed by atoms with Gasteiger partial charge in [0.05, 0.1) is 15.8 Å². The molecule has 7 heteroatoms. The summed E-state index contributed by atoms with van der Waals surface area (Å²) >= 11 is 13.6. The molecule has 1 N–H and O–H groups in total. The fourth-order valence-electron chi connectivity index (χ4n) is 3.32. The second kappa shape index (κ2) is 12.5. The maximum Gasteiger partial charge on any atom is 0.243 e. The third kappa shape index (κ3) is 8.68. The number of hydrogen-bond acceptors (Lipinski definition) is 3. The van der Waals surface area contributed by atoms with E-state index < -0.39 is 6.04 Å². The molecule has 0 bridgehead atoms. The summed E-state index contributed by atoms with van der Waals surface area (Å²) in [5, 5.41) is 4.05. The van der Waals surface area contributed by atoms with E-state index in [1.165, 1.54) is 11.8 Å². The zero-order chi connectivity index (χ0) is 23.7. The minimum Gasteiger partial charge on any atom is -0.350 e. The predicted molar refractivity (Wildman–Crippen MR) is 136 cm³/mol. The van der Waals surface area contributed by atoms with E-state index in [1.807, 2.05) is 70.2 Å². The van der Waals surface area contributed by atoms with E-state index in [4.69, 9.17) is 23.2 Å². The van der Waals surface area contributed by atoms with Gasteiger partial charge in [0.25, 0.3) is 0 Å². The summed E-state index contributed by atoms with van der Waals surface area (Å²) in [5.41, 5.74) is 1.78. The molecule has 0 saturated carbocycles. The van der Waals surface area contributed by atoms with Crippen molar-refractivity contribution in [3.63, 3.8) is 0 Å². The first-order valence-corrected chi connectivity index (χ1v) is 12.7. The van der Waals surface area contributed by atoms with Crippen LogP contribution in [0.5, 0.6) is 0 Å². The van der Waals surface area contributed by atoms with E-state index in [-0.39, 0.29) is 23.1 Å². The maximum absolute atomic E-state index is 13.2. The molecular weight excluding hydrogens is 463 g/mol. The van der Waals surface area contributed by atoms with Crippen LogP contribution >= 0.6 is 35.0 Å². The van der Waals surface area contributed by atoms with Crippen molar-refractivity contribution in [3.8, 4) is 0 Å². The Balaban J connectivity index is 2.09. The van der Waals surface area contributed by atoms with Crippen molar-refractivity contribution < 1.29 is 9.59 Å². The highest BCUT2D eigenvalue weighted by Crippen LogP contribution is 2.25. The molecule has 0 aliphatic heterocycles. The van der Waals surface area contributed by atoms with Crippen LogP contribution in [0.2, 0.25) is 10.0 Å². The number of hydrogen-bond donors (Lipinski definition) is 1. The van der Waals surface area contributed by atoms with Gasteiger partial charge in [-0.1, -0.05) is 66.5 Å². The van der Waals surface area contributed by atoms with E-state index in [9.17, 15) is 9.59 Å². The Hall–Kier alpha value is -1.69. The van der Waals surface area contributed by atoms with Gasteiger partial charge in [-0.15, -0.1) is 11.8 Å². The van der Waals surface area contributed by atoms with Gasteiger partial charge in [-0.05, 0) is 56.9 Å². The summed E-state index contributed by atoms with van der Waals surface area (Å²) in [6.07, 6.45) is 1.25. The summed E-state index contributed by atoms with van der Waals surface area (Å²) in [4.78, 5) is 27.9. The predicted octanol–water partition coefficient (Wildman–Crippen LogP) is 5.99. The van der Waals surface area contributed by atoms with Gasteiger partial charge in [0.2, 0.25) is 11.8 Å². The number of halogens is 2. The van der Waals surface area contributed by atoms with Crippen molar-refractivity contribution in [2.24, 2.45) is 0 Å². The van der Waals surface area contributed by atoms with E-state index >= 15 is 0 Å². The minimum absolute atomic E-state index is 0.0399. The fraction of sp³-hybridized carbons (Fsp3) is 0.440. The summed E-state index contributed by atoms with van der Waals surface area (Å²) < 4.78 is 0. The molecule has 0 spiro atoms. The molecule has 0 unspecified atom stereocenters. The molecular formula is C25H32Cl2N2O2S. The molecule has 1 atom stereocenters. The quantitative estimate of drug-likeness (QED) is 0.441. The zero-order valence-electron chi connectivity index (χ0n) is 19.2. The Morgan fingerprint density at radius 2 is 1.72 bits per heavy atom. The van der Waals surface area contributed by atoms with E-state index in [1.54, 1.807) is 11.0 Å². The Morgan fingerprint density at radius 3 is 2.31 bits per heavy atom. The largest absolute Gasteiger partial charge is 0.350 e. The van der Waals surface area contributed by atoms with Gasteiger partial charge >= 0.3 is 0 Å². The van der Waals surface area contributed by atoms with Crippen molar-refractivity contribution in [3.05, 3.63) is 69.7 Å². The van der Waals surface area contributed by atoms with Crippen molar-refractivity contribution in [2.45, 2.75) is 57.9 Å². The number of nitrogens with zero attached hydrogens (tertiary/aromatic N) is 1. The first-order valence-electron chi connectivity index (χ1n) is 10.8. The van der Waals surface area contributed by atoms with Gasteiger partial charge in [-0.2, -0.15) is 0 Å². The number of nitrogens with one attached hydrogen (secondary N) is 1. The number of carbonyl (C=O) groups excluding carboxylic acids is 2. The van der Waals surface area contributed by atoms with Gasteiger partial charge in [0.1, 0.15) is 6.04 Å². The molecule has 2 aromatic carbocycles. The number of benzene rings is 2. The van der Waals surface area contributed by atoms with Crippen LogP contribution in [0, 0.1) is 0 Å². The zero-order valence-corrected chi connectivity index (χ0v) is 21.5. The summed E-state index contributed by atoms with van der Waals surface area (Å²) in [7, 11) is 0. The molecule has 32 heavy (non-hydrogen) atoms. The first kappa shape index (κ1) is 26.6. The van der Waals surface area contributed by atoms with E-state index in [2.05, 4.69) is 5.32 Å². The SMILES string of the molecule is CC[C@@H](C(=O)NC(C)(C)C)N(CCc1ccccc1)C(=O)CSCc1ccc(Cl)c(Cl)c1. The first-order chi connectivity index (χ1) is 15.1. The third-order valence-corrected chi connectivity index (χ3v) is 6.57. The molecule has 0 saturated heterocycles. The normalized spacial score (nSPS) is 12.3. The standard InChI is InChI=1S/C25H32Cl2N2O2S/c1-5-22(24(31)28-25(2,3)4)29(14-13-18-9-7-6-8-10-18)23(30)17-32-16-19-11-12-20(26)21(27)15-19/h6-12,15,22H,5,13-14,16-17H2,1-4H3,(H,28,31)/t22-/m0/s1. The van der Waals surface area contributed by atoms with Crippen LogP contribution in [-0.2, 0) is 21.8 Å². The summed E-state index contributed by atoms with van der Waals surface area (Å²) in [6.45, 7) is 8.27. The van der Waals surface area contributed by atoms with Crippen LogP contribution in [0.25, 0.3) is 0 Å². The van der Waals surface area contributed by atoms with Crippen molar-refractivity contribution in [1.82, 2.24) is 10.2 Å². The second-order valence-electron chi connectivity index (χ2n) is 8.73. The lowest BCUT2D eigenvalue weighted by Gasteiger charge is -2.33. The molecule has 4 nitrogen and oxygen atoms in total. The lowest BCUT2D eigenvalue weighted by atomic mass is 10.1. The van der Waals surface area contributed by atoms with Gasteiger partial charge in [0.15, 0.2) is 0 Å². The van der Waals surface area contributed by atoms with Gasteiger partial charge in [-0.3, -0.25) is 9.59 Å². The molecule has 2 aromatic rings. The van der Waals surface area contributed by atoms with Gasteiger partial charge < -0.3 is 10.2 Å².